The van der Waals surface area contributed by atoms with Gasteiger partial charge in [-0.15, -0.1) is 0 Å². The fourth-order valence-electron chi connectivity index (χ4n) is 3.46. The maximum absolute atomic E-state index is 13.2. The highest BCUT2D eigenvalue weighted by molar-refractivity contribution is 6.32. The number of hydrogen-bond acceptors (Lipinski definition) is 3. The second-order valence-electron chi connectivity index (χ2n) is 6.78. The Kier molecular flexibility index (Phi) is 5.33. The number of aryl methyl sites for hydroxylation is 1. The smallest absolute Gasteiger partial charge is 0.322 e. The lowest BCUT2D eigenvalue weighted by atomic mass is 9.72. The van der Waals surface area contributed by atoms with E-state index in [4.69, 9.17) is 16.3 Å². The van der Waals surface area contributed by atoms with E-state index in [0.717, 1.165) is 11.1 Å². The first-order chi connectivity index (χ1) is 12.4. The molecule has 0 aliphatic carbocycles. The van der Waals surface area contributed by atoms with Crippen LogP contribution in [0.1, 0.15) is 30.9 Å². The average molecular weight is 372 g/mol. The highest BCUT2D eigenvalue weighted by Gasteiger charge is 2.45. The van der Waals surface area contributed by atoms with Crippen molar-refractivity contribution < 1.29 is 14.3 Å². The molecule has 2 aromatic carbocycles. The number of benzene rings is 2. The van der Waals surface area contributed by atoms with Crippen molar-refractivity contribution in [2.75, 3.05) is 13.1 Å². The molecule has 5 heteroatoms. The lowest BCUT2D eigenvalue weighted by Crippen LogP contribution is -2.50. The van der Waals surface area contributed by atoms with Crippen LogP contribution in [0.15, 0.2) is 48.5 Å². The normalized spacial score (nSPS) is 16.2. The van der Waals surface area contributed by atoms with Gasteiger partial charge in [0.25, 0.3) is 0 Å². The fourth-order valence-corrected chi connectivity index (χ4v) is 3.61. The predicted octanol–water partition coefficient (Wildman–Crippen LogP) is 4.13. The van der Waals surface area contributed by atoms with Crippen LogP contribution in [0.4, 0.5) is 0 Å². The van der Waals surface area contributed by atoms with Gasteiger partial charge >= 0.3 is 5.97 Å². The molecule has 4 nitrogen and oxygen atoms in total. The molecule has 0 radical (unpaired) electrons. The van der Waals surface area contributed by atoms with E-state index >= 15 is 0 Å². The number of halogens is 1. The number of ether oxygens (including phenoxy) is 1. The van der Waals surface area contributed by atoms with Crippen LogP contribution in [0.5, 0.6) is 5.75 Å². The van der Waals surface area contributed by atoms with E-state index in [1.807, 2.05) is 43.3 Å². The molecule has 3 rings (SSSR count). The van der Waals surface area contributed by atoms with Gasteiger partial charge < -0.3 is 9.64 Å². The van der Waals surface area contributed by atoms with Crippen LogP contribution in [0, 0.1) is 6.92 Å². The summed E-state index contributed by atoms with van der Waals surface area (Å²) in [5.41, 5.74) is 1.11. The zero-order valence-electron chi connectivity index (χ0n) is 15.0. The summed E-state index contributed by atoms with van der Waals surface area (Å²) >= 11 is 6.21. The highest BCUT2D eigenvalue weighted by atomic mass is 35.5. The van der Waals surface area contributed by atoms with Crippen LogP contribution in [0.3, 0.4) is 0 Å². The number of hydrogen-bond donors (Lipinski definition) is 0. The molecule has 1 amide bonds. The van der Waals surface area contributed by atoms with Gasteiger partial charge in [0.2, 0.25) is 5.91 Å². The number of rotatable bonds is 3. The zero-order chi connectivity index (χ0) is 18.7. The van der Waals surface area contributed by atoms with Crippen LogP contribution >= 0.6 is 11.6 Å². The molecular weight excluding hydrogens is 350 g/mol. The fraction of sp³-hybridized carbons (Fsp3) is 0.333. The average Bonchev–Trinajstić information content (AvgIpc) is 2.65. The quantitative estimate of drug-likeness (QED) is 0.602. The third kappa shape index (κ3) is 3.61. The summed E-state index contributed by atoms with van der Waals surface area (Å²) in [5, 5.41) is 0.410. The van der Waals surface area contributed by atoms with Crippen molar-refractivity contribution in [3.05, 3.63) is 64.7 Å². The van der Waals surface area contributed by atoms with E-state index in [2.05, 4.69) is 0 Å². The van der Waals surface area contributed by atoms with Crippen LogP contribution in [-0.4, -0.2) is 29.9 Å². The first kappa shape index (κ1) is 18.5. The predicted molar refractivity (Wildman–Crippen MR) is 101 cm³/mol. The Morgan fingerprint density at radius 3 is 2.35 bits per heavy atom. The maximum atomic E-state index is 13.2. The molecule has 0 spiro atoms. The van der Waals surface area contributed by atoms with Gasteiger partial charge in [-0.3, -0.25) is 9.59 Å². The summed E-state index contributed by atoms with van der Waals surface area (Å²) in [7, 11) is 0. The van der Waals surface area contributed by atoms with E-state index < -0.39 is 5.41 Å². The van der Waals surface area contributed by atoms with Crippen molar-refractivity contribution in [3.63, 3.8) is 0 Å². The molecule has 1 fully saturated rings. The summed E-state index contributed by atoms with van der Waals surface area (Å²) in [6.07, 6.45) is 1.05. The van der Waals surface area contributed by atoms with Gasteiger partial charge in [0.15, 0.2) is 0 Å². The molecular formula is C21H22ClNO3. The first-order valence-electron chi connectivity index (χ1n) is 8.72. The minimum absolute atomic E-state index is 0.0294. The molecule has 0 aromatic heterocycles. The number of nitrogens with zero attached hydrogens (tertiary/aromatic N) is 1. The number of esters is 1. The molecule has 0 atom stereocenters. The topological polar surface area (TPSA) is 46.6 Å². The molecule has 1 saturated heterocycles. The van der Waals surface area contributed by atoms with Gasteiger partial charge in [-0.2, -0.15) is 0 Å². The molecule has 0 N–H and O–H groups in total. The number of carbonyl (C=O) groups excluding carboxylic acids is 2. The van der Waals surface area contributed by atoms with Gasteiger partial charge in [0, 0.05) is 20.0 Å². The monoisotopic (exact) mass is 371 g/mol. The molecule has 1 heterocycles. The number of likely N-dealkylation sites (tertiary alicyclic amines) is 1. The Morgan fingerprint density at radius 1 is 1.08 bits per heavy atom. The van der Waals surface area contributed by atoms with Gasteiger partial charge in [0.05, 0.1) is 10.4 Å². The third-order valence-corrected chi connectivity index (χ3v) is 5.38. The minimum Gasteiger partial charge on any atom is -0.424 e. The Morgan fingerprint density at radius 2 is 1.73 bits per heavy atom. The van der Waals surface area contributed by atoms with Crippen LogP contribution in [0.2, 0.25) is 5.02 Å². The van der Waals surface area contributed by atoms with Crippen molar-refractivity contribution >= 4 is 23.5 Å². The molecule has 1 aliphatic heterocycles. The number of piperidine rings is 1. The number of amides is 1. The van der Waals surface area contributed by atoms with Crippen LogP contribution in [-0.2, 0) is 15.0 Å². The lowest BCUT2D eigenvalue weighted by Gasteiger charge is -2.40. The highest BCUT2D eigenvalue weighted by Crippen LogP contribution is 2.38. The molecule has 2 aromatic rings. The van der Waals surface area contributed by atoms with Gasteiger partial charge in [-0.05, 0) is 43.0 Å². The van der Waals surface area contributed by atoms with E-state index in [1.54, 1.807) is 24.0 Å². The van der Waals surface area contributed by atoms with E-state index in [0.29, 0.717) is 36.7 Å². The van der Waals surface area contributed by atoms with E-state index in [9.17, 15) is 9.59 Å². The Bertz CT molecular complexity index is 811. The van der Waals surface area contributed by atoms with Crippen LogP contribution in [0.25, 0.3) is 0 Å². The van der Waals surface area contributed by atoms with Crippen molar-refractivity contribution in [2.24, 2.45) is 0 Å². The van der Waals surface area contributed by atoms with Crippen molar-refractivity contribution in [1.82, 2.24) is 4.90 Å². The summed E-state index contributed by atoms with van der Waals surface area (Å²) in [6.45, 7) is 4.54. The molecule has 0 saturated carbocycles. The van der Waals surface area contributed by atoms with E-state index in [1.165, 1.54) is 0 Å². The summed E-state index contributed by atoms with van der Waals surface area (Å²) in [6, 6.07) is 15.0. The molecule has 0 unspecified atom stereocenters. The van der Waals surface area contributed by atoms with Crippen LogP contribution < -0.4 is 4.74 Å². The largest absolute Gasteiger partial charge is 0.424 e. The molecule has 0 bridgehead atoms. The Labute approximate surface area is 158 Å². The van der Waals surface area contributed by atoms with Gasteiger partial charge in [0.1, 0.15) is 5.75 Å². The van der Waals surface area contributed by atoms with Gasteiger partial charge in [-0.25, -0.2) is 0 Å². The SMILES string of the molecule is CC(=O)N1CCC(C(=O)Oc2cc(C)ccc2Cl)(c2ccccc2)CC1. The first-order valence-corrected chi connectivity index (χ1v) is 9.10. The summed E-state index contributed by atoms with van der Waals surface area (Å²) in [4.78, 5) is 26.7. The zero-order valence-corrected chi connectivity index (χ0v) is 15.8. The Balaban J connectivity index is 1.92. The minimum atomic E-state index is -0.777. The standard InChI is InChI=1S/C21H22ClNO3/c1-15-8-9-18(22)19(14-15)26-20(25)21(17-6-4-3-5-7-17)10-12-23(13-11-21)16(2)24/h3-9,14H,10-13H2,1-2H3. The summed E-state index contributed by atoms with van der Waals surface area (Å²) < 4.78 is 5.74. The summed E-state index contributed by atoms with van der Waals surface area (Å²) in [5.74, 6) is 0.0853. The second kappa shape index (κ2) is 7.50. The molecule has 1 aliphatic rings. The van der Waals surface area contributed by atoms with E-state index in [-0.39, 0.29) is 11.9 Å². The second-order valence-corrected chi connectivity index (χ2v) is 7.18. The van der Waals surface area contributed by atoms with Crippen molar-refractivity contribution in [2.45, 2.75) is 32.1 Å². The van der Waals surface area contributed by atoms with Crippen molar-refractivity contribution in [1.29, 1.82) is 0 Å². The molecule has 136 valence electrons. The molecule has 26 heavy (non-hydrogen) atoms. The van der Waals surface area contributed by atoms with Gasteiger partial charge in [-0.1, -0.05) is 48.0 Å². The third-order valence-electron chi connectivity index (χ3n) is 5.07. The number of carbonyl (C=O) groups is 2. The maximum Gasteiger partial charge on any atom is 0.322 e. The lowest BCUT2D eigenvalue weighted by molar-refractivity contribution is -0.145. The Hall–Kier alpha value is -2.33. The van der Waals surface area contributed by atoms with Crippen molar-refractivity contribution in [3.8, 4) is 5.75 Å².